The van der Waals surface area contributed by atoms with Gasteiger partial charge in [0.1, 0.15) is 0 Å². The summed E-state index contributed by atoms with van der Waals surface area (Å²) in [6, 6.07) is 0. The van der Waals surface area contributed by atoms with E-state index in [0.717, 1.165) is 0 Å². The number of hydrogen-bond donors (Lipinski definition) is 3. The van der Waals surface area contributed by atoms with Crippen molar-refractivity contribution >= 4 is 5.91 Å². The molecule has 0 saturated heterocycles. The molecule has 4 N–H and O–H groups in total. The van der Waals surface area contributed by atoms with Crippen LogP contribution in [0.2, 0.25) is 0 Å². The minimum Gasteiger partial charge on any atom is -0.394 e. The van der Waals surface area contributed by atoms with E-state index in [-0.39, 0.29) is 18.9 Å². The van der Waals surface area contributed by atoms with Gasteiger partial charge in [-0.15, -0.1) is 0 Å². The number of aliphatic hydroxyl groups excluding tert-OH is 2. The van der Waals surface area contributed by atoms with Crippen molar-refractivity contribution in [2.75, 3.05) is 6.61 Å². The van der Waals surface area contributed by atoms with Gasteiger partial charge in [0, 0.05) is 6.42 Å². The lowest BCUT2D eigenvalue weighted by atomic mass is 10.1. The third-order valence-corrected chi connectivity index (χ3v) is 1.17. The number of amides is 1. The predicted octanol–water partition coefficient (Wildman–Crippen LogP) is -1.00. The summed E-state index contributed by atoms with van der Waals surface area (Å²) in [7, 11) is 0. The van der Waals surface area contributed by atoms with Crippen LogP contribution < -0.4 is 5.73 Å². The molecule has 10 heavy (non-hydrogen) atoms. The topological polar surface area (TPSA) is 83.6 Å². The van der Waals surface area contributed by atoms with Crippen LogP contribution in [0.5, 0.6) is 0 Å². The smallest absolute Gasteiger partial charge is 0.217 e. The SMILES string of the molecule is NC(=O)CCC[C@H](O)CO. The maximum absolute atomic E-state index is 10.1. The lowest BCUT2D eigenvalue weighted by molar-refractivity contribution is -0.118. The van der Waals surface area contributed by atoms with Crippen LogP contribution in [0.25, 0.3) is 0 Å². The van der Waals surface area contributed by atoms with Crippen LogP contribution in [-0.4, -0.2) is 28.8 Å². The van der Waals surface area contributed by atoms with E-state index in [2.05, 4.69) is 0 Å². The van der Waals surface area contributed by atoms with Gasteiger partial charge in [-0.3, -0.25) is 4.79 Å². The average molecular weight is 147 g/mol. The lowest BCUT2D eigenvalue weighted by Gasteiger charge is -2.03. The van der Waals surface area contributed by atoms with E-state index < -0.39 is 6.10 Å². The minimum absolute atomic E-state index is 0.251. The summed E-state index contributed by atoms with van der Waals surface area (Å²) in [6.07, 6.45) is 0.535. The Labute approximate surface area is 59.7 Å². The Morgan fingerprint density at radius 3 is 2.60 bits per heavy atom. The van der Waals surface area contributed by atoms with Gasteiger partial charge in [0.25, 0.3) is 0 Å². The Morgan fingerprint density at radius 1 is 1.60 bits per heavy atom. The molecule has 0 spiro atoms. The fraction of sp³-hybridized carbons (Fsp3) is 0.833. The number of carbonyl (C=O) groups excluding carboxylic acids is 1. The lowest BCUT2D eigenvalue weighted by Crippen LogP contribution is -2.14. The van der Waals surface area contributed by atoms with Crippen molar-refractivity contribution in [1.29, 1.82) is 0 Å². The van der Waals surface area contributed by atoms with E-state index >= 15 is 0 Å². The zero-order chi connectivity index (χ0) is 7.98. The van der Waals surface area contributed by atoms with Crippen molar-refractivity contribution in [1.82, 2.24) is 0 Å². The van der Waals surface area contributed by atoms with E-state index in [0.29, 0.717) is 12.8 Å². The van der Waals surface area contributed by atoms with E-state index in [1.807, 2.05) is 0 Å². The molecule has 0 heterocycles. The third-order valence-electron chi connectivity index (χ3n) is 1.17. The number of hydrogen-bond acceptors (Lipinski definition) is 3. The average Bonchev–Trinajstić information content (AvgIpc) is 1.87. The highest BCUT2D eigenvalue weighted by molar-refractivity contribution is 5.73. The first-order valence-corrected chi connectivity index (χ1v) is 3.24. The summed E-state index contributed by atoms with van der Waals surface area (Å²) in [5.41, 5.74) is 4.84. The van der Waals surface area contributed by atoms with Gasteiger partial charge >= 0.3 is 0 Å². The van der Waals surface area contributed by atoms with Crippen LogP contribution in [-0.2, 0) is 4.79 Å². The Morgan fingerprint density at radius 2 is 2.20 bits per heavy atom. The highest BCUT2D eigenvalue weighted by Gasteiger charge is 2.01. The largest absolute Gasteiger partial charge is 0.394 e. The second-order valence-electron chi connectivity index (χ2n) is 2.19. The molecule has 0 radical (unpaired) electrons. The summed E-state index contributed by atoms with van der Waals surface area (Å²) in [4.78, 5) is 10.1. The molecule has 0 fully saturated rings. The maximum Gasteiger partial charge on any atom is 0.217 e. The first kappa shape index (κ1) is 9.39. The first-order valence-electron chi connectivity index (χ1n) is 3.24. The van der Waals surface area contributed by atoms with Gasteiger partial charge in [0.15, 0.2) is 0 Å². The van der Waals surface area contributed by atoms with E-state index in [1.54, 1.807) is 0 Å². The molecule has 0 saturated carbocycles. The van der Waals surface area contributed by atoms with Crippen molar-refractivity contribution in [3.05, 3.63) is 0 Å². The Balaban J connectivity index is 3.11. The second-order valence-corrected chi connectivity index (χ2v) is 2.19. The van der Waals surface area contributed by atoms with Crippen molar-refractivity contribution in [2.24, 2.45) is 5.73 Å². The Bertz CT molecular complexity index is 105. The van der Waals surface area contributed by atoms with Crippen molar-refractivity contribution < 1.29 is 15.0 Å². The molecule has 0 aromatic carbocycles. The molecule has 0 aliphatic rings. The molecule has 4 nitrogen and oxygen atoms in total. The Hall–Kier alpha value is -0.610. The summed E-state index contributed by atoms with van der Waals surface area (Å²) in [6.45, 7) is -0.251. The summed E-state index contributed by atoms with van der Waals surface area (Å²) >= 11 is 0. The summed E-state index contributed by atoms with van der Waals surface area (Å²) < 4.78 is 0. The zero-order valence-electron chi connectivity index (χ0n) is 5.79. The van der Waals surface area contributed by atoms with Gasteiger partial charge in [0.2, 0.25) is 5.91 Å². The first-order chi connectivity index (χ1) is 4.66. The van der Waals surface area contributed by atoms with Crippen molar-refractivity contribution in [3.8, 4) is 0 Å². The van der Waals surface area contributed by atoms with Crippen LogP contribution in [0.15, 0.2) is 0 Å². The molecular weight excluding hydrogens is 134 g/mol. The number of aliphatic hydroxyl groups is 2. The molecule has 0 rings (SSSR count). The number of carbonyl (C=O) groups is 1. The summed E-state index contributed by atoms with van der Waals surface area (Å²) in [5, 5.41) is 17.1. The van der Waals surface area contributed by atoms with E-state index in [4.69, 9.17) is 15.9 Å². The molecule has 60 valence electrons. The van der Waals surface area contributed by atoms with Gasteiger partial charge in [-0.05, 0) is 12.8 Å². The van der Waals surface area contributed by atoms with Crippen molar-refractivity contribution in [3.63, 3.8) is 0 Å². The van der Waals surface area contributed by atoms with Crippen LogP contribution in [0.3, 0.4) is 0 Å². The minimum atomic E-state index is -0.709. The van der Waals surface area contributed by atoms with Gasteiger partial charge < -0.3 is 15.9 Å². The fourth-order valence-electron chi connectivity index (χ4n) is 0.603. The second kappa shape index (κ2) is 5.20. The molecule has 0 unspecified atom stereocenters. The van der Waals surface area contributed by atoms with Crippen molar-refractivity contribution in [2.45, 2.75) is 25.4 Å². The molecule has 0 aliphatic heterocycles. The molecule has 4 heteroatoms. The normalized spacial score (nSPS) is 13.0. The third kappa shape index (κ3) is 5.53. The molecule has 1 amide bonds. The van der Waals surface area contributed by atoms with Crippen LogP contribution in [0.4, 0.5) is 0 Å². The quantitative estimate of drug-likeness (QED) is 0.466. The van der Waals surface area contributed by atoms with Gasteiger partial charge in [-0.25, -0.2) is 0 Å². The van der Waals surface area contributed by atoms with E-state index in [1.165, 1.54) is 0 Å². The van der Waals surface area contributed by atoms with Gasteiger partial charge in [-0.2, -0.15) is 0 Å². The van der Waals surface area contributed by atoms with Gasteiger partial charge in [0.05, 0.1) is 12.7 Å². The molecular formula is C6H13NO3. The maximum atomic E-state index is 10.1. The number of nitrogens with two attached hydrogens (primary N) is 1. The molecule has 0 aromatic heterocycles. The highest BCUT2D eigenvalue weighted by atomic mass is 16.3. The molecule has 0 aromatic rings. The predicted molar refractivity (Wildman–Crippen MR) is 36.1 cm³/mol. The molecule has 1 atom stereocenters. The summed E-state index contributed by atoms with van der Waals surface area (Å²) in [5.74, 6) is -0.370. The number of rotatable bonds is 5. The monoisotopic (exact) mass is 147 g/mol. The fourth-order valence-corrected chi connectivity index (χ4v) is 0.603. The highest BCUT2D eigenvalue weighted by Crippen LogP contribution is 1.98. The molecule has 0 aliphatic carbocycles. The number of primary amides is 1. The van der Waals surface area contributed by atoms with E-state index in [9.17, 15) is 4.79 Å². The van der Waals surface area contributed by atoms with Crippen LogP contribution in [0, 0.1) is 0 Å². The van der Waals surface area contributed by atoms with Crippen LogP contribution >= 0.6 is 0 Å². The Kier molecular flexibility index (Phi) is 4.88. The molecule has 0 bridgehead atoms. The van der Waals surface area contributed by atoms with Gasteiger partial charge in [-0.1, -0.05) is 0 Å². The van der Waals surface area contributed by atoms with Crippen LogP contribution in [0.1, 0.15) is 19.3 Å². The standard InChI is InChI=1S/C6H13NO3/c7-6(10)3-1-2-5(9)4-8/h5,8-9H,1-4H2,(H2,7,10)/t5-/m0/s1. The zero-order valence-corrected chi connectivity index (χ0v) is 5.79.